The van der Waals surface area contributed by atoms with Crippen molar-refractivity contribution in [2.75, 3.05) is 12.5 Å². The summed E-state index contributed by atoms with van der Waals surface area (Å²) in [5, 5.41) is 8.69. The second kappa shape index (κ2) is 6.05. The first kappa shape index (κ1) is 11.5. The quantitative estimate of drug-likeness (QED) is 0.583. The third-order valence-corrected chi connectivity index (χ3v) is 1.86. The maximum absolute atomic E-state index is 13.1. The van der Waals surface area contributed by atoms with Crippen LogP contribution in [0.4, 0.5) is 4.39 Å². The van der Waals surface area contributed by atoms with Gasteiger partial charge in [0.1, 0.15) is 29.8 Å². The maximum atomic E-state index is 13.1. The van der Waals surface area contributed by atoms with Crippen molar-refractivity contribution >= 4 is 11.6 Å². The molecule has 0 saturated carbocycles. The minimum absolute atomic E-state index is 0.0724. The van der Waals surface area contributed by atoms with E-state index in [0.29, 0.717) is 5.88 Å². The Labute approximate surface area is 92.5 Å². The lowest BCUT2D eigenvalue weighted by atomic mass is 10.2. The summed E-state index contributed by atoms with van der Waals surface area (Å²) in [6, 6.07) is 6.03. The topological polar surface area (TPSA) is 33.0 Å². The summed E-state index contributed by atoms with van der Waals surface area (Å²) in [5.41, 5.74) is -0.0724. The predicted molar refractivity (Wildman–Crippen MR) is 56.5 cm³/mol. The molecular formula is C11H9ClFNO. The number of nitrogens with zero attached hydrogens (tertiary/aromatic N) is 1. The monoisotopic (exact) mass is 225 g/mol. The molecule has 0 radical (unpaired) electrons. The molecule has 2 nitrogen and oxygen atoms in total. The van der Waals surface area contributed by atoms with Gasteiger partial charge in [0.2, 0.25) is 0 Å². The first-order valence-corrected chi connectivity index (χ1v) is 4.85. The Morgan fingerprint density at radius 1 is 1.47 bits per heavy atom. The van der Waals surface area contributed by atoms with Crippen molar-refractivity contribution in [3.05, 3.63) is 41.7 Å². The van der Waals surface area contributed by atoms with Crippen LogP contribution in [0, 0.1) is 17.1 Å². The molecule has 1 aromatic carbocycles. The Bertz CT molecular complexity index is 398. The number of rotatable bonds is 4. The fourth-order valence-electron chi connectivity index (χ4n) is 1.00. The van der Waals surface area contributed by atoms with Gasteiger partial charge < -0.3 is 4.74 Å². The molecule has 0 fully saturated rings. The van der Waals surface area contributed by atoms with Crippen molar-refractivity contribution in [2.45, 2.75) is 0 Å². The minimum atomic E-state index is -0.573. The van der Waals surface area contributed by atoms with Crippen LogP contribution in [0.2, 0.25) is 0 Å². The highest BCUT2D eigenvalue weighted by molar-refractivity contribution is 6.18. The van der Waals surface area contributed by atoms with Gasteiger partial charge in [0.25, 0.3) is 0 Å². The summed E-state index contributed by atoms with van der Waals surface area (Å²) < 4.78 is 18.3. The Hall–Kier alpha value is -1.53. The molecule has 1 aromatic rings. The molecule has 15 heavy (non-hydrogen) atoms. The third-order valence-electron chi connectivity index (χ3n) is 1.68. The van der Waals surface area contributed by atoms with Crippen LogP contribution in [0.25, 0.3) is 0 Å². The summed E-state index contributed by atoms with van der Waals surface area (Å²) in [4.78, 5) is 0. The summed E-state index contributed by atoms with van der Waals surface area (Å²) in [7, 11) is 0. The van der Waals surface area contributed by atoms with E-state index >= 15 is 0 Å². The Kier molecular flexibility index (Phi) is 4.65. The van der Waals surface area contributed by atoms with Crippen molar-refractivity contribution in [2.24, 2.45) is 0 Å². The van der Waals surface area contributed by atoms with E-state index in [9.17, 15) is 4.39 Å². The molecule has 0 N–H and O–H groups in total. The summed E-state index contributed by atoms with van der Waals surface area (Å²) >= 11 is 5.41. The van der Waals surface area contributed by atoms with Crippen molar-refractivity contribution in [1.82, 2.24) is 0 Å². The van der Waals surface area contributed by atoms with E-state index in [4.69, 9.17) is 21.6 Å². The van der Waals surface area contributed by atoms with Gasteiger partial charge in [-0.25, -0.2) is 4.39 Å². The molecule has 0 amide bonds. The molecule has 0 aliphatic carbocycles. The zero-order valence-corrected chi connectivity index (χ0v) is 8.67. The summed E-state index contributed by atoms with van der Waals surface area (Å²) in [6.45, 7) is 0.269. The van der Waals surface area contributed by atoms with Crippen LogP contribution in [-0.2, 0) is 0 Å². The van der Waals surface area contributed by atoms with E-state index in [-0.39, 0.29) is 17.9 Å². The number of benzene rings is 1. The van der Waals surface area contributed by atoms with E-state index in [2.05, 4.69) is 0 Å². The lowest BCUT2D eigenvalue weighted by Crippen LogP contribution is -1.97. The second-order valence-electron chi connectivity index (χ2n) is 2.66. The fourth-order valence-corrected chi connectivity index (χ4v) is 1.13. The molecular weight excluding hydrogens is 217 g/mol. The van der Waals surface area contributed by atoms with Gasteiger partial charge in [-0.15, -0.1) is 11.6 Å². The van der Waals surface area contributed by atoms with Gasteiger partial charge in [0.05, 0.1) is 0 Å². The number of ether oxygens (including phenoxy) is 1. The van der Waals surface area contributed by atoms with Gasteiger partial charge in [0, 0.05) is 5.88 Å². The van der Waals surface area contributed by atoms with Gasteiger partial charge in [-0.1, -0.05) is 18.2 Å². The SMILES string of the molecule is N#Cc1c(F)cccc1OCC=CCCl. The molecule has 0 heterocycles. The molecule has 1 rings (SSSR count). The van der Waals surface area contributed by atoms with Crippen LogP contribution in [0.3, 0.4) is 0 Å². The molecule has 78 valence electrons. The Morgan fingerprint density at radius 3 is 2.93 bits per heavy atom. The largest absolute Gasteiger partial charge is 0.488 e. The standard InChI is InChI=1S/C11H9ClFNO/c12-6-1-2-7-15-11-5-3-4-10(13)9(11)8-14/h1-5H,6-7H2. The highest BCUT2D eigenvalue weighted by Crippen LogP contribution is 2.20. The lowest BCUT2D eigenvalue weighted by molar-refractivity contribution is 0.359. The number of halogens is 2. The second-order valence-corrected chi connectivity index (χ2v) is 2.97. The van der Waals surface area contributed by atoms with Crippen LogP contribution < -0.4 is 4.74 Å². The zero-order chi connectivity index (χ0) is 11.1. The van der Waals surface area contributed by atoms with Gasteiger partial charge in [-0.3, -0.25) is 0 Å². The number of hydrogen-bond donors (Lipinski definition) is 0. The number of hydrogen-bond acceptors (Lipinski definition) is 2. The lowest BCUT2D eigenvalue weighted by Gasteiger charge is -2.05. The van der Waals surface area contributed by atoms with Crippen molar-refractivity contribution < 1.29 is 9.13 Å². The Morgan fingerprint density at radius 2 is 2.27 bits per heavy atom. The molecule has 0 bridgehead atoms. The Balaban J connectivity index is 2.73. The molecule has 0 aliphatic heterocycles. The molecule has 4 heteroatoms. The normalized spacial score (nSPS) is 10.2. The average molecular weight is 226 g/mol. The van der Waals surface area contributed by atoms with Crippen LogP contribution >= 0.6 is 11.6 Å². The van der Waals surface area contributed by atoms with E-state index in [0.717, 1.165) is 0 Å². The van der Waals surface area contributed by atoms with E-state index < -0.39 is 5.82 Å². The molecule has 0 spiro atoms. The van der Waals surface area contributed by atoms with E-state index in [1.165, 1.54) is 12.1 Å². The first-order chi connectivity index (χ1) is 7.29. The molecule has 0 aromatic heterocycles. The number of alkyl halides is 1. The van der Waals surface area contributed by atoms with Crippen LogP contribution in [-0.4, -0.2) is 12.5 Å². The number of nitriles is 1. The molecule has 0 unspecified atom stereocenters. The summed E-state index contributed by atoms with van der Waals surface area (Å²) in [6.07, 6.45) is 3.42. The highest BCUT2D eigenvalue weighted by atomic mass is 35.5. The van der Waals surface area contributed by atoms with E-state index in [1.54, 1.807) is 24.3 Å². The molecule has 0 saturated heterocycles. The highest BCUT2D eigenvalue weighted by Gasteiger charge is 2.07. The summed E-state index contributed by atoms with van der Waals surface area (Å²) in [5.74, 6) is 0.0745. The smallest absolute Gasteiger partial charge is 0.144 e. The van der Waals surface area contributed by atoms with Gasteiger partial charge >= 0.3 is 0 Å². The first-order valence-electron chi connectivity index (χ1n) is 4.32. The van der Waals surface area contributed by atoms with Crippen molar-refractivity contribution in [1.29, 1.82) is 5.26 Å². The molecule has 0 atom stereocenters. The number of allylic oxidation sites excluding steroid dienone is 1. The van der Waals surface area contributed by atoms with Crippen molar-refractivity contribution in [3.8, 4) is 11.8 Å². The van der Waals surface area contributed by atoms with Gasteiger partial charge in [-0.05, 0) is 12.1 Å². The minimum Gasteiger partial charge on any atom is -0.488 e. The average Bonchev–Trinajstić information content (AvgIpc) is 2.24. The van der Waals surface area contributed by atoms with Gasteiger partial charge in [-0.2, -0.15) is 5.26 Å². The van der Waals surface area contributed by atoms with E-state index in [1.807, 2.05) is 0 Å². The zero-order valence-electron chi connectivity index (χ0n) is 7.91. The van der Waals surface area contributed by atoms with Crippen LogP contribution in [0.15, 0.2) is 30.4 Å². The van der Waals surface area contributed by atoms with Crippen molar-refractivity contribution in [3.63, 3.8) is 0 Å². The van der Waals surface area contributed by atoms with Gasteiger partial charge in [0.15, 0.2) is 0 Å². The van der Waals surface area contributed by atoms with Crippen LogP contribution in [0.1, 0.15) is 5.56 Å². The third kappa shape index (κ3) is 3.26. The maximum Gasteiger partial charge on any atom is 0.144 e. The molecule has 0 aliphatic rings. The fraction of sp³-hybridized carbons (Fsp3) is 0.182. The van der Waals surface area contributed by atoms with Crippen LogP contribution in [0.5, 0.6) is 5.75 Å². The predicted octanol–water partition coefficient (Wildman–Crippen LogP) is 2.87.